The van der Waals surface area contributed by atoms with Crippen LogP contribution in [0.1, 0.15) is 24.1 Å². The summed E-state index contributed by atoms with van der Waals surface area (Å²) in [7, 11) is 3.94. The molecule has 0 aliphatic rings. The number of nitrogens with zero attached hydrogens (tertiary/aromatic N) is 1. The van der Waals surface area contributed by atoms with Crippen LogP contribution in [-0.4, -0.2) is 32.1 Å². The lowest BCUT2D eigenvalue weighted by atomic mass is 10.0. The molecule has 1 aromatic carbocycles. The van der Waals surface area contributed by atoms with Crippen LogP contribution in [0.3, 0.4) is 0 Å². The molecule has 0 amide bonds. The van der Waals surface area contributed by atoms with Gasteiger partial charge in [0.1, 0.15) is 5.82 Å². The molecular formula is C13H20ClFN2. The van der Waals surface area contributed by atoms with Gasteiger partial charge in [0.2, 0.25) is 0 Å². The molecule has 1 N–H and O–H groups in total. The van der Waals surface area contributed by atoms with E-state index in [0.717, 1.165) is 18.7 Å². The van der Waals surface area contributed by atoms with Crippen molar-refractivity contribution in [1.82, 2.24) is 10.2 Å². The lowest BCUT2D eigenvalue weighted by Gasteiger charge is -2.26. The Morgan fingerprint density at radius 2 is 2.06 bits per heavy atom. The monoisotopic (exact) mass is 258 g/mol. The molecule has 0 aliphatic heterocycles. The van der Waals surface area contributed by atoms with Gasteiger partial charge in [-0.15, -0.1) is 0 Å². The molecular weight excluding hydrogens is 239 g/mol. The first kappa shape index (κ1) is 14.4. The van der Waals surface area contributed by atoms with E-state index in [4.69, 9.17) is 11.6 Å². The van der Waals surface area contributed by atoms with Gasteiger partial charge in [-0.3, -0.25) is 0 Å². The largest absolute Gasteiger partial charge is 0.315 e. The molecule has 0 fully saturated rings. The van der Waals surface area contributed by atoms with Gasteiger partial charge >= 0.3 is 0 Å². The fourth-order valence-electron chi connectivity index (χ4n) is 1.77. The van der Waals surface area contributed by atoms with Gasteiger partial charge in [0.15, 0.2) is 0 Å². The minimum Gasteiger partial charge on any atom is -0.315 e. The van der Waals surface area contributed by atoms with E-state index in [1.54, 1.807) is 19.1 Å². The van der Waals surface area contributed by atoms with E-state index in [2.05, 4.69) is 5.32 Å². The zero-order chi connectivity index (χ0) is 13.0. The number of halogens is 2. The second-order valence-corrected chi connectivity index (χ2v) is 4.82. The number of likely N-dealkylation sites (N-methyl/N-ethyl adjacent to an activating group) is 2. The molecule has 17 heavy (non-hydrogen) atoms. The first-order chi connectivity index (χ1) is 7.97. The van der Waals surface area contributed by atoms with Crippen molar-refractivity contribution < 1.29 is 4.39 Å². The predicted molar refractivity (Wildman–Crippen MR) is 71.1 cm³/mol. The van der Waals surface area contributed by atoms with Crippen LogP contribution in [0.2, 0.25) is 5.02 Å². The normalized spacial score (nSPS) is 13.1. The molecule has 0 bridgehead atoms. The van der Waals surface area contributed by atoms with Crippen LogP contribution in [0, 0.1) is 12.7 Å². The van der Waals surface area contributed by atoms with E-state index in [-0.39, 0.29) is 11.9 Å². The SMILES string of the molecule is CCNCC(c1cc(F)c(C)cc1Cl)N(C)C. The molecule has 0 saturated carbocycles. The Balaban J connectivity index is 3.05. The molecule has 1 rings (SSSR count). The highest BCUT2D eigenvalue weighted by atomic mass is 35.5. The quantitative estimate of drug-likeness (QED) is 0.874. The number of aryl methyl sites for hydroxylation is 1. The highest BCUT2D eigenvalue weighted by Crippen LogP contribution is 2.28. The van der Waals surface area contributed by atoms with Gasteiger partial charge in [-0.1, -0.05) is 18.5 Å². The Morgan fingerprint density at radius 3 is 2.59 bits per heavy atom. The number of rotatable bonds is 5. The summed E-state index contributed by atoms with van der Waals surface area (Å²) in [5.74, 6) is -0.201. The number of hydrogen-bond acceptors (Lipinski definition) is 2. The van der Waals surface area contributed by atoms with E-state index in [9.17, 15) is 4.39 Å². The Labute approximate surface area is 108 Å². The van der Waals surface area contributed by atoms with Gasteiger partial charge in [-0.2, -0.15) is 0 Å². The Kier molecular flexibility index (Phi) is 5.37. The van der Waals surface area contributed by atoms with Crippen molar-refractivity contribution in [1.29, 1.82) is 0 Å². The minimum absolute atomic E-state index is 0.0811. The summed E-state index contributed by atoms with van der Waals surface area (Å²) in [6, 6.07) is 3.31. The van der Waals surface area contributed by atoms with Crippen LogP contribution < -0.4 is 5.32 Å². The summed E-state index contributed by atoms with van der Waals surface area (Å²) >= 11 is 6.20. The topological polar surface area (TPSA) is 15.3 Å². The molecule has 0 spiro atoms. The fraction of sp³-hybridized carbons (Fsp3) is 0.538. The summed E-state index contributed by atoms with van der Waals surface area (Å²) in [5, 5.41) is 3.89. The van der Waals surface area contributed by atoms with E-state index in [1.807, 2.05) is 25.9 Å². The van der Waals surface area contributed by atoms with Crippen molar-refractivity contribution >= 4 is 11.6 Å². The van der Waals surface area contributed by atoms with Gasteiger partial charge in [-0.25, -0.2) is 4.39 Å². The Morgan fingerprint density at radius 1 is 1.41 bits per heavy atom. The molecule has 1 aromatic rings. The van der Waals surface area contributed by atoms with Crippen molar-refractivity contribution in [2.24, 2.45) is 0 Å². The van der Waals surface area contributed by atoms with Gasteiger partial charge < -0.3 is 10.2 Å². The summed E-state index contributed by atoms with van der Waals surface area (Å²) < 4.78 is 13.6. The first-order valence-electron chi connectivity index (χ1n) is 5.80. The first-order valence-corrected chi connectivity index (χ1v) is 6.17. The van der Waals surface area contributed by atoms with Crippen molar-refractivity contribution in [3.63, 3.8) is 0 Å². The zero-order valence-electron chi connectivity index (χ0n) is 10.8. The maximum Gasteiger partial charge on any atom is 0.126 e. The third-order valence-corrected chi connectivity index (χ3v) is 3.18. The molecule has 0 aliphatic carbocycles. The molecule has 2 nitrogen and oxygen atoms in total. The van der Waals surface area contributed by atoms with E-state index >= 15 is 0 Å². The molecule has 0 heterocycles. The van der Waals surface area contributed by atoms with Crippen LogP contribution in [-0.2, 0) is 0 Å². The average Bonchev–Trinajstić information content (AvgIpc) is 2.25. The predicted octanol–water partition coefficient (Wildman–Crippen LogP) is 3.00. The molecule has 0 saturated heterocycles. The highest BCUT2D eigenvalue weighted by molar-refractivity contribution is 6.31. The highest BCUT2D eigenvalue weighted by Gasteiger charge is 2.18. The van der Waals surface area contributed by atoms with Crippen LogP contribution >= 0.6 is 11.6 Å². The van der Waals surface area contributed by atoms with E-state index < -0.39 is 0 Å². The van der Waals surface area contributed by atoms with Crippen molar-refractivity contribution in [3.05, 3.63) is 34.1 Å². The average molecular weight is 259 g/mol. The smallest absolute Gasteiger partial charge is 0.126 e. The third-order valence-electron chi connectivity index (χ3n) is 2.85. The van der Waals surface area contributed by atoms with Crippen LogP contribution in [0.5, 0.6) is 0 Å². The van der Waals surface area contributed by atoms with E-state index in [0.29, 0.717) is 10.6 Å². The molecule has 0 radical (unpaired) electrons. The zero-order valence-corrected chi connectivity index (χ0v) is 11.6. The van der Waals surface area contributed by atoms with E-state index in [1.165, 1.54) is 0 Å². The minimum atomic E-state index is -0.201. The maximum atomic E-state index is 13.6. The number of nitrogens with one attached hydrogen (secondary N) is 1. The number of benzene rings is 1. The molecule has 96 valence electrons. The van der Waals surface area contributed by atoms with Crippen molar-refractivity contribution in [3.8, 4) is 0 Å². The van der Waals surface area contributed by atoms with Gasteiger partial charge in [0.25, 0.3) is 0 Å². The van der Waals surface area contributed by atoms with Crippen LogP contribution in [0.25, 0.3) is 0 Å². The van der Waals surface area contributed by atoms with Gasteiger partial charge in [0, 0.05) is 17.6 Å². The number of hydrogen-bond donors (Lipinski definition) is 1. The lowest BCUT2D eigenvalue weighted by molar-refractivity contribution is 0.290. The standard InChI is InChI=1S/C13H20ClFN2/c1-5-16-8-13(17(3)4)10-7-12(15)9(2)6-11(10)14/h6-7,13,16H,5,8H2,1-4H3. The van der Waals surface area contributed by atoms with Crippen molar-refractivity contribution in [2.45, 2.75) is 19.9 Å². The fourth-order valence-corrected chi connectivity index (χ4v) is 2.11. The van der Waals surface area contributed by atoms with Gasteiger partial charge in [0.05, 0.1) is 0 Å². The second-order valence-electron chi connectivity index (χ2n) is 4.41. The van der Waals surface area contributed by atoms with Gasteiger partial charge in [-0.05, 0) is 50.8 Å². The molecule has 1 atom stereocenters. The summed E-state index contributed by atoms with van der Waals surface area (Å²) in [6.45, 7) is 5.41. The molecule has 0 aromatic heterocycles. The molecule has 1 unspecified atom stereocenters. The molecule has 4 heteroatoms. The summed E-state index contributed by atoms with van der Waals surface area (Å²) in [4.78, 5) is 2.04. The van der Waals surface area contributed by atoms with Crippen molar-refractivity contribution in [2.75, 3.05) is 27.2 Å². The Hall–Kier alpha value is -0.640. The summed E-state index contributed by atoms with van der Waals surface area (Å²) in [5.41, 5.74) is 1.42. The third kappa shape index (κ3) is 3.66. The maximum absolute atomic E-state index is 13.6. The van der Waals surface area contributed by atoms with Crippen LogP contribution in [0.15, 0.2) is 12.1 Å². The summed E-state index contributed by atoms with van der Waals surface area (Å²) in [6.07, 6.45) is 0. The second kappa shape index (κ2) is 6.34. The van der Waals surface area contributed by atoms with Crippen LogP contribution in [0.4, 0.5) is 4.39 Å². The lowest BCUT2D eigenvalue weighted by Crippen LogP contribution is -2.31. The Bertz CT molecular complexity index is 380.